The van der Waals surface area contributed by atoms with E-state index in [1.165, 1.54) is 4.68 Å². The van der Waals surface area contributed by atoms with E-state index in [2.05, 4.69) is 15.6 Å². The first-order chi connectivity index (χ1) is 9.60. The molecule has 1 aliphatic rings. The van der Waals surface area contributed by atoms with Gasteiger partial charge in [0.2, 0.25) is 0 Å². The smallest absolute Gasteiger partial charge is 0.409 e. The topological polar surface area (TPSA) is 92.6 Å². The average molecular weight is 282 g/mol. The second kappa shape index (κ2) is 6.22. The van der Waals surface area contributed by atoms with Crippen molar-refractivity contribution in [2.24, 2.45) is 7.05 Å². The molecule has 1 aliphatic heterocycles. The summed E-state index contributed by atoms with van der Waals surface area (Å²) in [5.74, 6) is 0.408. The van der Waals surface area contributed by atoms with Gasteiger partial charge in [-0.15, -0.1) is 5.10 Å². The number of nitrogens with zero attached hydrogens (tertiary/aromatic N) is 5. The van der Waals surface area contributed by atoms with Crippen molar-refractivity contribution in [1.29, 1.82) is 0 Å². The molecule has 2 heterocycles. The summed E-state index contributed by atoms with van der Waals surface area (Å²) in [5, 5.41) is 10.2. The number of nitrogens with one attached hydrogen (secondary N) is 1. The van der Waals surface area contributed by atoms with Crippen molar-refractivity contribution in [3.8, 4) is 0 Å². The number of hydrogen-bond acceptors (Lipinski definition) is 5. The molecule has 0 atom stereocenters. The molecule has 9 heteroatoms. The molecule has 1 fully saturated rings. The van der Waals surface area contributed by atoms with Crippen LogP contribution < -0.4 is 5.32 Å². The monoisotopic (exact) mass is 282 g/mol. The highest BCUT2D eigenvalue weighted by Crippen LogP contribution is 2.07. The second-order valence-electron chi connectivity index (χ2n) is 4.38. The Morgan fingerprint density at radius 3 is 2.50 bits per heavy atom. The molecule has 2 rings (SSSR count). The molecule has 1 N–H and O–H groups in total. The summed E-state index contributed by atoms with van der Waals surface area (Å²) in [7, 11) is 1.72. The highest BCUT2D eigenvalue weighted by atomic mass is 16.6. The Labute approximate surface area is 116 Å². The van der Waals surface area contributed by atoms with Gasteiger partial charge in [0.25, 0.3) is 0 Å². The van der Waals surface area contributed by atoms with Crippen molar-refractivity contribution < 1.29 is 14.3 Å². The SMILES string of the molecule is CCOC(=O)N1CCN(C(=O)Nc2cn(C)nn2)CC1. The first-order valence-corrected chi connectivity index (χ1v) is 6.44. The Hall–Kier alpha value is -2.32. The third-order valence-corrected chi connectivity index (χ3v) is 2.93. The third kappa shape index (κ3) is 3.37. The van der Waals surface area contributed by atoms with E-state index >= 15 is 0 Å². The van der Waals surface area contributed by atoms with Crippen molar-refractivity contribution in [2.75, 3.05) is 38.1 Å². The molecule has 0 bridgehead atoms. The molecule has 20 heavy (non-hydrogen) atoms. The molecule has 0 spiro atoms. The maximum Gasteiger partial charge on any atom is 0.409 e. The van der Waals surface area contributed by atoms with Crippen LogP contribution in [0.1, 0.15) is 6.92 Å². The molecule has 110 valence electrons. The van der Waals surface area contributed by atoms with Crippen LogP contribution in [0.25, 0.3) is 0 Å². The number of anilines is 1. The lowest BCUT2D eigenvalue weighted by atomic mass is 10.3. The standard InChI is InChI=1S/C11H18N6O3/c1-3-20-11(19)17-6-4-16(5-7-17)10(18)12-9-8-15(2)14-13-9/h8H,3-7H2,1-2H3,(H,12,18). The van der Waals surface area contributed by atoms with E-state index in [-0.39, 0.29) is 12.1 Å². The van der Waals surface area contributed by atoms with Crippen molar-refractivity contribution in [1.82, 2.24) is 24.8 Å². The Balaban J connectivity index is 1.81. The molecule has 1 saturated heterocycles. The zero-order valence-electron chi connectivity index (χ0n) is 11.6. The largest absolute Gasteiger partial charge is 0.450 e. The molecular weight excluding hydrogens is 264 g/mol. The zero-order valence-corrected chi connectivity index (χ0v) is 11.6. The second-order valence-corrected chi connectivity index (χ2v) is 4.38. The molecule has 9 nitrogen and oxygen atoms in total. The minimum atomic E-state index is -0.332. The van der Waals surface area contributed by atoms with Gasteiger partial charge in [0, 0.05) is 33.2 Å². The summed E-state index contributed by atoms with van der Waals surface area (Å²) in [6, 6.07) is -0.242. The first-order valence-electron chi connectivity index (χ1n) is 6.44. The molecular formula is C11H18N6O3. The predicted molar refractivity (Wildman–Crippen MR) is 70.2 cm³/mol. The minimum absolute atomic E-state index is 0.242. The fourth-order valence-electron chi connectivity index (χ4n) is 1.90. The van der Waals surface area contributed by atoms with Crippen LogP contribution in [0.4, 0.5) is 15.4 Å². The van der Waals surface area contributed by atoms with E-state index in [9.17, 15) is 9.59 Å². The van der Waals surface area contributed by atoms with Gasteiger partial charge in [0.05, 0.1) is 12.8 Å². The lowest BCUT2D eigenvalue weighted by Crippen LogP contribution is -2.51. The molecule has 0 aromatic carbocycles. The Bertz CT molecular complexity index is 480. The van der Waals surface area contributed by atoms with Crippen LogP contribution in [0.2, 0.25) is 0 Å². The van der Waals surface area contributed by atoms with E-state index in [0.717, 1.165) is 0 Å². The lowest BCUT2D eigenvalue weighted by Gasteiger charge is -2.33. The van der Waals surface area contributed by atoms with Gasteiger partial charge >= 0.3 is 12.1 Å². The first kappa shape index (κ1) is 14.1. The minimum Gasteiger partial charge on any atom is -0.450 e. The fourth-order valence-corrected chi connectivity index (χ4v) is 1.90. The Kier molecular flexibility index (Phi) is 4.38. The number of carbonyl (C=O) groups excluding carboxylic acids is 2. The van der Waals surface area contributed by atoms with Crippen molar-refractivity contribution in [3.63, 3.8) is 0 Å². The molecule has 1 aromatic heterocycles. The number of ether oxygens (including phenoxy) is 1. The lowest BCUT2D eigenvalue weighted by molar-refractivity contribution is 0.0868. The Morgan fingerprint density at radius 2 is 1.95 bits per heavy atom. The number of hydrogen-bond donors (Lipinski definition) is 1. The summed E-state index contributed by atoms with van der Waals surface area (Å²) in [5.41, 5.74) is 0. The van der Waals surface area contributed by atoms with Crippen molar-refractivity contribution in [3.05, 3.63) is 6.20 Å². The van der Waals surface area contributed by atoms with Gasteiger partial charge in [0.1, 0.15) is 0 Å². The number of urea groups is 1. The highest BCUT2D eigenvalue weighted by Gasteiger charge is 2.25. The maximum atomic E-state index is 12.0. The maximum absolute atomic E-state index is 12.0. The molecule has 3 amide bonds. The van der Waals surface area contributed by atoms with Crippen LogP contribution in [0.5, 0.6) is 0 Å². The van der Waals surface area contributed by atoms with Crippen LogP contribution in [-0.4, -0.2) is 69.7 Å². The number of aromatic nitrogens is 3. The number of rotatable bonds is 2. The quantitative estimate of drug-likeness (QED) is 0.831. The van der Waals surface area contributed by atoms with Gasteiger partial charge in [-0.25, -0.2) is 9.59 Å². The molecule has 0 saturated carbocycles. The normalized spacial score (nSPS) is 15.1. The van der Waals surface area contributed by atoms with Gasteiger partial charge in [-0.1, -0.05) is 5.21 Å². The van der Waals surface area contributed by atoms with Crippen LogP contribution >= 0.6 is 0 Å². The van der Waals surface area contributed by atoms with Crippen LogP contribution in [-0.2, 0) is 11.8 Å². The van der Waals surface area contributed by atoms with Crippen LogP contribution in [0, 0.1) is 0 Å². The third-order valence-electron chi connectivity index (χ3n) is 2.93. The van der Waals surface area contributed by atoms with Gasteiger partial charge in [-0.3, -0.25) is 10.00 Å². The van der Waals surface area contributed by atoms with Crippen LogP contribution in [0.15, 0.2) is 6.20 Å². The molecule has 0 aliphatic carbocycles. The fraction of sp³-hybridized carbons (Fsp3) is 0.636. The average Bonchev–Trinajstić information content (AvgIpc) is 2.84. The highest BCUT2D eigenvalue weighted by molar-refractivity contribution is 5.88. The Morgan fingerprint density at radius 1 is 1.30 bits per heavy atom. The summed E-state index contributed by atoms with van der Waals surface area (Å²) in [4.78, 5) is 26.7. The van der Waals surface area contributed by atoms with Gasteiger partial charge < -0.3 is 14.5 Å². The number of piperazine rings is 1. The van der Waals surface area contributed by atoms with Crippen molar-refractivity contribution >= 4 is 17.9 Å². The van der Waals surface area contributed by atoms with Gasteiger partial charge in [-0.2, -0.15) is 0 Å². The summed E-state index contributed by atoms with van der Waals surface area (Å²) >= 11 is 0. The predicted octanol–water partition coefficient (Wildman–Crippen LogP) is 0.121. The summed E-state index contributed by atoms with van der Waals surface area (Å²) < 4.78 is 6.43. The van der Waals surface area contributed by atoms with Gasteiger partial charge in [-0.05, 0) is 6.92 Å². The molecule has 1 aromatic rings. The van der Waals surface area contributed by atoms with E-state index in [0.29, 0.717) is 38.6 Å². The zero-order chi connectivity index (χ0) is 14.5. The van der Waals surface area contributed by atoms with E-state index < -0.39 is 0 Å². The van der Waals surface area contributed by atoms with Crippen LogP contribution in [0.3, 0.4) is 0 Å². The number of aryl methyl sites for hydroxylation is 1. The summed E-state index contributed by atoms with van der Waals surface area (Å²) in [6.07, 6.45) is 1.29. The number of amides is 3. The number of carbonyl (C=O) groups is 2. The van der Waals surface area contributed by atoms with E-state index in [4.69, 9.17) is 4.74 Å². The van der Waals surface area contributed by atoms with E-state index in [1.807, 2.05) is 0 Å². The summed E-state index contributed by atoms with van der Waals surface area (Å²) in [6.45, 7) is 3.98. The molecule has 0 radical (unpaired) electrons. The van der Waals surface area contributed by atoms with Crippen molar-refractivity contribution in [2.45, 2.75) is 6.92 Å². The molecule has 0 unspecified atom stereocenters. The van der Waals surface area contributed by atoms with E-state index in [1.54, 1.807) is 30.0 Å². The van der Waals surface area contributed by atoms with Gasteiger partial charge in [0.15, 0.2) is 5.82 Å².